The molecule has 0 radical (unpaired) electrons. The Bertz CT molecular complexity index is 451. The number of hydrogen-bond donors (Lipinski definition) is 0. The molecule has 0 fully saturated rings. The average molecular weight is 277 g/mol. The second kappa shape index (κ2) is 5.85. The van der Waals surface area contributed by atoms with E-state index in [0.29, 0.717) is 12.5 Å². The maximum Gasteiger partial charge on any atom is 0.261 e. The third-order valence-electron chi connectivity index (χ3n) is 2.31. The summed E-state index contributed by atoms with van der Waals surface area (Å²) in [4.78, 5) is 0.110. The largest absolute Gasteiger partial charge is 0.374 e. The van der Waals surface area contributed by atoms with Crippen molar-refractivity contribution in [3.05, 3.63) is 29.8 Å². The van der Waals surface area contributed by atoms with Gasteiger partial charge in [0.2, 0.25) is 0 Å². The molecule has 0 N–H and O–H groups in total. The summed E-state index contributed by atoms with van der Waals surface area (Å²) in [5.41, 5.74) is 0.940. The van der Waals surface area contributed by atoms with Gasteiger partial charge in [-0.2, -0.15) is 0 Å². The Balaban J connectivity index is 2.74. The van der Waals surface area contributed by atoms with E-state index < -0.39 is 9.05 Å². The number of rotatable bonds is 5. The molecular formula is C12H17ClO3S. The molecule has 0 bridgehead atoms. The van der Waals surface area contributed by atoms with Crippen LogP contribution >= 0.6 is 10.7 Å². The molecule has 0 spiro atoms. The van der Waals surface area contributed by atoms with Crippen molar-refractivity contribution < 1.29 is 13.2 Å². The second-order valence-corrected chi connectivity index (χ2v) is 6.94. The van der Waals surface area contributed by atoms with Crippen LogP contribution in [-0.2, 0) is 13.8 Å². The minimum absolute atomic E-state index is 0.0514. The van der Waals surface area contributed by atoms with E-state index in [2.05, 4.69) is 13.8 Å². The van der Waals surface area contributed by atoms with Gasteiger partial charge in [0.05, 0.1) is 11.0 Å². The quantitative estimate of drug-likeness (QED) is 0.775. The smallest absolute Gasteiger partial charge is 0.261 e. The SMILES string of the molecule is CC(C)CO[C@H](C)c1ccc(S(=O)(=O)Cl)cc1. The van der Waals surface area contributed by atoms with Gasteiger partial charge in [0, 0.05) is 17.3 Å². The molecule has 0 heterocycles. The van der Waals surface area contributed by atoms with Crippen molar-refractivity contribution in [3.63, 3.8) is 0 Å². The first-order chi connectivity index (χ1) is 7.80. The summed E-state index contributed by atoms with van der Waals surface area (Å²) < 4.78 is 27.8. The van der Waals surface area contributed by atoms with Gasteiger partial charge in [-0.1, -0.05) is 26.0 Å². The van der Waals surface area contributed by atoms with Gasteiger partial charge in [-0.25, -0.2) is 8.42 Å². The first-order valence-electron chi connectivity index (χ1n) is 5.47. The Hall–Kier alpha value is -0.580. The molecule has 0 amide bonds. The number of ether oxygens (including phenoxy) is 1. The Morgan fingerprint density at radius 3 is 2.12 bits per heavy atom. The average Bonchev–Trinajstić information content (AvgIpc) is 2.25. The molecule has 1 aromatic rings. The fourth-order valence-corrected chi connectivity index (χ4v) is 2.10. The van der Waals surface area contributed by atoms with Gasteiger partial charge in [0.25, 0.3) is 9.05 Å². The molecule has 96 valence electrons. The van der Waals surface area contributed by atoms with Gasteiger partial charge in [-0.05, 0) is 30.5 Å². The van der Waals surface area contributed by atoms with Crippen molar-refractivity contribution in [3.8, 4) is 0 Å². The van der Waals surface area contributed by atoms with E-state index in [-0.39, 0.29) is 11.0 Å². The summed E-state index contributed by atoms with van der Waals surface area (Å²) in [7, 11) is 1.59. The highest BCUT2D eigenvalue weighted by Gasteiger charge is 2.11. The van der Waals surface area contributed by atoms with Crippen molar-refractivity contribution in [2.24, 2.45) is 5.92 Å². The monoisotopic (exact) mass is 276 g/mol. The minimum atomic E-state index is -3.64. The van der Waals surface area contributed by atoms with E-state index in [0.717, 1.165) is 5.56 Å². The number of halogens is 1. The number of benzene rings is 1. The lowest BCUT2D eigenvalue weighted by atomic mass is 10.1. The highest BCUT2D eigenvalue weighted by Crippen LogP contribution is 2.21. The van der Waals surface area contributed by atoms with E-state index >= 15 is 0 Å². The fourth-order valence-electron chi connectivity index (χ4n) is 1.33. The summed E-state index contributed by atoms with van der Waals surface area (Å²) in [6.45, 7) is 6.77. The molecule has 0 aliphatic heterocycles. The summed E-state index contributed by atoms with van der Waals surface area (Å²) >= 11 is 0. The van der Waals surface area contributed by atoms with Crippen LogP contribution in [0, 0.1) is 5.92 Å². The third-order valence-corrected chi connectivity index (χ3v) is 3.68. The maximum atomic E-state index is 11.1. The van der Waals surface area contributed by atoms with Crippen LogP contribution in [0.5, 0.6) is 0 Å². The standard InChI is InChI=1S/C12H17ClO3S/c1-9(2)8-16-10(3)11-4-6-12(7-5-11)17(13,14)15/h4-7,9-10H,8H2,1-3H3/t10-/m1/s1. The zero-order valence-electron chi connectivity index (χ0n) is 10.2. The molecule has 0 aromatic heterocycles. The molecule has 0 aliphatic rings. The molecule has 17 heavy (non-hydrogen) atoms. The zero-order valence-corrected chi connectivity index (χ0v) is 11.8. The molecule has 5 heteroatoms. The van der Waals surface area contributed by atoms with Crippen LogP contribution in [0.4, 0.5) is 0 Å². The normalized spacial score (nSPS) is 13.9. The highest BCUT2D eigenvalue weighted by molar-refractivity contribution is 8.13. The van der Waals surface area contributed by atoms with Crippen LogP contribution < -0.4 is 0 Å². The molecule has 1 rings (SSSR count). The summed E-state index contributed by atoms with van der Waals surface area (Å²) in [6.07, 6.45) is -0.0514. The lowest BCUT2D eigenvalue weighted by Crippen LogP contribution is -2.06. The Labute approximate surface area is 107 Å². The van der Waals surface area contributed by atoms with E-state index in [1.54, 1.807) is 12.1 Å². The molecule has 0 saturated carbocycles. The van der Waals surface area contributed by atoms with Crippen LogP contribution in [0.1, 0.15) is 32.4 Å². The fraction of sp³-hybridized carbons (Fsp3) is 0.500. The van der Waals surface area contributed by atoms with Gasteiger partial charge < -0.3 is 4.74 Å². The Kier molecular flexibility index (Phi) is 4.98. The van der Waals surface area contributed by atoms with Crippen LogP contribution in [0.15, 0.2) is 29.2 Å². The minimum Gasteiger partial charge on any atom is -0.374 e. The van der Waals surface area contributed by atoms with Crippen LogP contribution in [0.3, 0.4) is 0 Å². The summed E-state index contributed by atoms with van der Waals surface area (Å²) in [6, 6.07) is 6.43. The van der Waals surface area contributed by atoms with Crippen molar-refractivity contribution in [1.82, 2.24) is 0 Å². The van der Waals surface area contributed by atoms with E-state index in [1.165, 1.54) is 12.1 Å². The molecule has 3 nitrogen and oxygen atoms in total. The van der Waals surface area contributed by atoms with Crippen LogP contribution in [0.25, 0.3) is 0 Å². The molecule has 0 saturated heterocycles. The zero-order chi connectivity index (χ0) is 13.1. The maximum absolute atomic E-state index is 11.1. The van der Waals surface area contributed by atoms with Gasteiger partial charge in [0.1, 0.15) is 0 Å². The van der Waals surface area contributed by atoms with Gasteiger partial charge in [-0.15, -0.1) is 0 Å². The van der Waals surface area contributed by atoms with Crippen molar-refractivity contribution >= 4 is 19.7 Å². The van der Waals surface area contributed by atoms with E-state index in [9.17, 15) is 8.42 Å². The van der Waals surface area contributed by atoms with Crippen molar-refractivity contribution in [1.29, 1.82) is 0 Å². The first kappa shape index (κ1) is 14.5. The molecule has 1 atom stereocenters. The van der Waals surface area contributed by atoms with E-state index in [4.69, 9.17) is 15.4 Å². The molecular weight excluding hydrogens is 260 g/mol. The molecule has 0 unspecified atom stereocenters. The molecule has 0 aliphatic carbocycles. The molecule has 1 aromatic carbocycles. The summed E-state index contributed by atoms with van der Waals surface area (Å²) in [5, 5.41) is 0. The summed E-state index contributed by atoms with van der Waals surface area (Å²) in [5.74, 6) is 0.472. The predicted molar refractivity (Wildman–Crippen MR) is 68.7 cm³/mol. The van der Waals surface area contributed by atoms with Gasteiger partial charge >= 0.3 is 0 Å². The van der Waals surface area contributed by atoms with Crippen LogP contribution in [0.2, 0.25) is 0 Å². The predicted octanol–water partition coefficient (Wildman–Crippen LogP) is 3.35. The number of hydrogen-bond acceptors (Lipinski definition) is 3. The van der Waals surface area contributed by atoms with Gasteiger partial charge in [0.15, 0.2) is 0 Å². The second-order valence-electron chi connectivity index (χ2n) is 4.38. The lowest BCUT2D eigenvalue weighted by Gasteiger charge is -2.15. The van der Waals surface area contributed by atoms with E-state index in [1.807, 2.05) is 6.92 Å². The van der Waals surface area contributed by atoms with Gasteiger partial charge in [-0.3, -0.25) is 0 Å². The van der Waals surface area contributed by atoms with Crippen molar-refractivity contribution in [2.75, 3.05) is 6.61 Å². The topological polar surface area (TPSA) is 43.4 Å². The first-order valence-corrected chi connectivity index (χ1v) is 7.78. The third kappa shape index (κ3) is 4.66. The lowest BCUT2D eigenvalue weighted by molar-refractivity contribution is 0.0469. The van der Waals surface area contributed by atoms with Crippen LogP contribution in [-0.4, -0.2) is 15.0 Å². The van der Waals surface area contributed by atoms with Crippen molar-refractivity contribution in [2.45, 2.75) is 31.8 Å². The Morgan fingerprint density at radius 1 is 1.18 bits per heavy atom. The highest BCUT2D eigenvalue weighted by atomic mass is 35.7. The Morgan fingerprint density at radius 2 is 1.71 bits per heavy atom.